The molecule has 0 atom stereocenters. The van der Waals surface area contributed by atoms with Crippen molar-refractivity contribution in [2.45, 2.75) is 32.6 Å². The van der Waals surface area contributed by atoms with Gasteiger partial charge >= 0.3 is 0 Å². The van der Waals surface area contributed by atoms with Gasteiger partial charge < -0.3 is 9.84 Å². The van der Waals surface area contributed by atoms with E-state index in [-0.39, 0.29) is 11.2 Å². The highest BCUT2D eigenvalue weighted by atomic mass is 35.5. The molecule has 0 amide bonds. The van der Waals surface area contributed by atoms with Crippen LogP contribution in [0.25, 0.3) is 0 Å². The van der Waals surface area contributed by atoms with Crippen molar-refractivity contribution < 1.29 is 9.84 Å². The summed E-state index contributed by atoms with van der Waals surface area (Å²) in [5, 5.41) is 10.5. The smallest absolute Gasteiger partial charge is 0.156 e. The lowest BCUT2D eigenvalue weighted by Gasteiger charge is -2.27. The summed E-state index contributed by atoms with van der Waals surface area (Å²) in [6.45, 7) is 6.80. The molecule has 2 nitrogen and oxygen atoms in total. The number of aromatic hydroxyl groups is 1. The minimum atomic E-state index is -0.287. The molecule has 0 unspecified atom stereocenters. The fourth-order valence-electron chi connectivity index (χ4n) is 2.31. The quantitative estimate of drug-likeness (QED) is 0.744. The van der Waals surface area contributed by atoms with E-state index in [0.29, 0.717) is 22.4 Å². The van der Waals surface area contributed by atoms with E-state index in [1.54, 1.807) is 12.1 Å². The molecular formula is C18H20Cl2O2. The molecule has 0 aliphatic rings. The van der Waals surface area contributed by atoms with Crippen LogP contribution < -0.4 is 4.74 Å². The Balaban J connectivity index is 2.41. The van der Waals surface area contributed by atoms with E-state index in [1.807, 2.05) is 31.2 Å². The summed E-state index contributed by atoms with van der Waals surface area (Å²) in [5.41, 5.74) is 1.78. The molecule has 0 aliphatic carbocycles. The third-order valence-electron chi connectivity index (χ3n) is 3.76. The van der Waals surface area contributed by atoms with Crippen LogP contribution >= 0.6 is 23.2 Å². The zero-order valence-corrected chi connectivity index (χ0v) is 14.5. The molecule has 0 aromatic heterocycles. The van der Waals surface area contributed by atoms with Crippen molar-refractivity contribution in [3.63, 3.8) is 0 Å². The number of ether oxygens (including phenoxy) is 1. The maximum absolute atomic E-state index is 9.44. The Kier molecular flexibility index (Phi) is 5.25. The van der Waals surface area contributed by atoms with Gasteiger partial charge in [-0.05, 0) is 41.8 Å². The molecular weight excluding hydrogens is 319 g/mol. The molecule has 2 rings (SSSR count). The molecule has 118 valence electrons. The van der Waals surface area contributed by atoms with Crippen LogP contribution in [0.3, 0.4) is 0 Å². The van der Waals surface area contributed by atoms with Crippen LogP contribution in [0.1, 0.15) is 38.3 Å². The molecule has 0 aliphatic heterocycles. The van der Waals surface area contributed by atoms with E-state index in [1.165, 1.54) is 0 Å². The molecule has 1 N–H and O–H groups in total. The molecule has 22 heavy (non-hydrogen) atoms. The molecule has 0 heterocycles. The van der Waals surface area contributed by atoms with E-state index >= 15 is 0 Å². The minimum Gasteiger partial charge on any atom is -0.508 e. The van der Waals surface area contributed by atoms with Crippen LogP contribution in [0.4, 0.5) is 0 Å². The Morgan fingerprint density at radius 3 is 2.05 bits per heavy atom. The first-order chi connectivity index (χ1) is 10.4. The molecule has 0 bridgehead atoms. The van der Waals surface area contributed by atoms with Crippen molar-refractivity contribution in [3.8, 4) is 11.5 Å². The van der Waals surface area contributed by atoms with Crippen molar-refractivity contribution in [1.82, 2.24) is 0 Å². The third kappa shape index (κ3) is 3.50. The second-order valence-electron chi connectivity index (χ2n) is 5.79. The predicted octanol–water partition coefficient (Wildman–Crippen LogP) is 5.81. The molecule has 4 heteroatoms. The van der Waals surface area contributed by atoms with Gasteiger partial charge in [0.05, 0.1) is 16.7 Å². The molecule has 2 aromatic carbocycles. The van der Waals surface area contributed by atoms with Gasteiger partial charge in [0.1, 0.15) is 5.75 Å². The SMILES string of the molecule is CCCOc1c(Cl)cc(C(C)(C)c2ccc(O)cc2)cc1Cl. The summed E-state index contributed by atoms with van der Waals surface area (Å²) < 4.78 is 5.61. The van der Waals surface area contributed by atoms with Crippen LogP contribution in [0.5, 0.6) is 11.5 Å². The van der Waals surface area contributed by atoms with Crippen molar-refractivity contribution in [3.05, 3.63) is 57.6 Å². The average molecular weight is 339 g/mol. The number of benzene rings is 2. The first-order valence-corrected chi connectivity index (χ1v) is 8.03. The molecule has 0 spiro atoms. The molecule has 2 aromatic rings. The predicted molar refractivity (Wildman–Crippen MR) is 92.5 cm³/mol. The Bertz CT molecular complexity index is 626. The van der Waals surface area contributed by atoms with Gasteiger partial charge in [-0.15, -0.1) is 0 Å². The molecule has 0 radical (unpaired) electrons. The first kappa shape index (κ1) is 17.0. The molecule has 0 fully saturated rings. The summed E-state index contributed by atoms with van der Waals surface area (Å²) in [5.74, 6) is 0.786. The lowest BCUT2D eigenvalue weighted by molar-refractivity contribution is 0.317. The van der Waals surface area contributed by atoms with Gasteiger partial charge in [0, 0.05) is 5.41 Å². The molecule has 0 saturated carbocycles. The highest BCUT2D eigenvalue weighted by Gasteiger charge is 2.25. The topological polar surface area (TPSA) is 29.5 Å². The number of hydrogen-bond acceptors (Lipinski definition) is 2. The van der Waals surface area contributed by atoms with Gasteiger partial charge in [-0.1, -0.05) is 56.1 Å². The van der Waals surface area contributed by atoms with Crippen LogP contribution in [0.2, 0.25) is 10.0 Å². The summed E-state index contributed by atoms with van der Waals surface area (Å²) in [7, 11) is 0. The van der Waals surface area contributed by atoms with Gasteiger partial charge in [-0.2, -0.15) is 0 Å². The normalized spacial score (nSPS) is 11.5. The Hall–Kier alpha value is -1.38. The minimum absolute atomic E-state index is 0.249. The Morgan fingerprint density at radius 1 is 1.00 bits per heavy atom. The van der Waals surface area contributed by atoms with Crippen LogP contribution in [0.15, 0.2) is 36.4 Å². The van der Waals surface area contributed by atoms with Crippen LogP contribution in [0, 0.1) is 0 Å². The van der Waals surface area contributed by atoms with Crippen molar-refractivity contribution in [2.75, 3.05) is 6.61 Å². The summed E-state index contributed by atoms with van der Waals surface area (Å²) >= 11 is 12.7. The van der Waals surface area contributed by atoms with Crippen molar-refractivity contribution in [2.24, 2.45) is 0 Å². The summed E-state index contributed by atoms with van der Waals surface area (Å²) in [4.78, 5) is 0. The van der Waals surface area contributed by atoms with Gasteiger partial charge in [0.2, 0.25) is 0 Å². The van der Waals surface area contributed by atoms with E-state index < -0.39 is 0 Å². The van der Waals surface area contributed by atoms with Gasteiger partial charge in [0.15, 0.2) is 5.75 Å². The zero-order valence-electron chi connectivity index (χ0n) is 13.0. The largest absolute Gasteiger partial charge is 0.508 e. The van der Waals surface area contributed by atoms with E-state index in [0.717, 1.165) is 17.5 Å². The summed E-state index contributed by atoms with van der Waals surface area (Å²) in [6.07, 6.45) is 0.896. The first-order valence-electron chi connectivity index (χ1n) is 7.28. The third-order valence-corrected chi connectivity index (χ3v) is 4.32. The van der Waals surface area contributed by atoms with Gasteiger partial charge in [-0.3, -0.25) is 0 Å². The Labute approximate surface area is 141 Å². The number of phenols is 1. The zero-order chi connectivity index (χ0) is 16.3. The van der Waals surface area contributed by atoms with E-state index in [2.05, 4.69) is 13.8 Å². The highest BCUT2D eigenvalue weighted by molar-refractivity contribution is 6.37. The van der Waals surface area contributed by atoms with E-state index in [9.17, 15) is 5.11 Å². The van der Waals surface area contributed by atoms with Crippen LogP contribution in [-0.2, 0) is 5.41 Å². The number of halogens is 2. The molecule has 0 saturated heterocycles. The van der Waals surface area contributed by atoms with Crippen molar-refractivity contribution in [1.29, 1.82) is 0 Å². The number of phenolic OH excluding ortho intramolecular Hbond substituents is 1. The maximum Gasteiger partial charge on any atom is 0.156 e. The maximum atomic E-state index is 9.44. The fourth-order valence-corrected chi connectivity index (χ4v) is 2.90. The van der Waals surface area contributed by atoms with Gasteiger partial charge in [0.25, 0.3) is 0 Å². The second kappa shape index (κ2) is 6.80. The van der Waals surface area contributed by atoms with Crippen molar-refractivity contribution >= 4 is 23.2 Å². The van der Waals surface area contributed by atoms with Gasteiger partial charge in [-0.25, -0.2) is 0 Å². The number of hydrogen-bond donors (Lipinski definition) is 1. The standard InChI is InChI=1S/C18H20Cl2O2/c1-4-9-22-17-15(19)10-13(11-16(17)20)18(2,3)12-5-7-14(21)8-6-12/h5-8,10-11,21H,4,9H2,1-3H3. The second-order valence-corrected chi connectivity index (χ2v) is 6.60. The fraction of sp³-hybridized carbons (Fsp3) is 0.333. The lowest BCUT2D eigenvalue weighted by Crippen LogP contribution is -2.19. The summed E-state index contributed by atoms with van der Waals surface area (Å²) in [6, 6.07) is 11.0. The number of rotatable bonds is 5. The lowest BCUT2D eigenvalue weighted by atomic mass is 9.78. The monoisotopic (exact) mass is 338 g/mol. The highest BCUT2D eigenvalue weighted by Crippen LogP contribution is 2.40. The Morgan fingerprint density at radius 2 is 1.55 bits per heavy atom. The van der Waals surface area contributed by atoms with Crippen LogP contribution in [-0.4, -0.2) is 11.7 Å². The average Bonchev–Trinajstić information content (AvgIpc) is 2.46. The van der Waals surface area contributed by atoms with E-state index in [4.69, 9.17) is 27.9 Å².